The van der Waals surface area contributed by atoms with Crippen molar-refractivity contribution in [2.75, 3.05) is 13.1 Å². The number of thiazole rings is 1. The van der Waals surface area contributed by atoms with Gasteiger partial charge in [0, 0.05) is 36.8 Å². The normalized spacial score (nSPS) is 23.1. The van der Waals surface area contributed by atoms with Crippen molar-refractivity contribution in [3.63, 3.8) is 0 Å². The molecule has 20 heavy (non-hydrogen) atoms. The molecule has 2 N–H and O–H groups in total. The number of rotatable bonds is 3. The summed E-state index contributed by atoms with van der Waals surface area (Å²) in [6, 6.07) is 2.15. The van der Waals surface area contributed by atoms with Crippen LogP contribution in [0.5, 0.6) is 0 Å². The molecule has 0 spiro atoms. The van der Waals surface area contributed by atoms with Gasteiger partial charge in [-0.15, -0.1) is 23.7 Å². The standard InChI is InChI=1S/C13H18N4OS.ClH/c1-9-4-10(6-14)7-16(9)8-11-5-12(18)17-2-3-19-13(17)15-11;/h2-3,5,9-10H,4,6-8,14H2,1H3;1H. The Labute approximate surface area is 127 Å². The van der Waals surface area contributed by atoms with E-state index < -0.39 is 0 Å². The highest BCUT2D eigenvalue weighted by molar-refractivity contribution is 7.15. The molecule has 2 aromatic rings. The van der Waals surface area contributed by atoms with E-state index in [-0.39, 0.29) is 18.0 Å². The fraction of sp³-hybridized carbons (Fsp3) is 0.538. The molecule has 7 heteroatoms. The van der Waals surface area contributed by atoms with Crippen LogP contribution in [-0.4, -0.2) is 33.4 Å². The van der Waals surface area contributed by atoms with E-state index >= 15 is 0 Å². The van der Waals surface area contributed by atoms with Crippen molar-refractivity contribution in [1.82, 2.24) is 14.3 Å². The highest BCUT2D eigenvalue weighted by Crippen LogP contribution is 2.23. The average Bonchev–Trinajstić information content (AvgIpc) is 2.97. The van der Waals surface area contributed by atoms with Gasteiger partial charge in [0.25, 0.3) is 5.56 Å². The number of likely N-dealkylation sites (tertiary alicyclic amines) is 1. The van der Waals surface area contributed by atoms with Gasteiger partial charge in [0.15, 0.2) is 4.96 Å². The van der Waals surface area contributed by atoms with E-state index in [2.05, 4.69) is 16.8 Å². The van der Waals surface area contributed by atoms with Crippen LogP contribution in [0.15, 0.2) is 22.4 Å². The van der Waals surface area contributed by atoms with Gasteiger partial charge in [0.05, 0.1) is 5.69 Å². The fourth-order valence-corrected chi connectivity index (χ4v) is 3.52. The third-order valence-corrected chi connectivity index (χ3v) is 4.60. The van der Waals surface area contributed by atoms with Crippen molar-refractivity contribution in [3.8, 4) is 0 Å². The number of hydrogen-bond donors (Lipinski definition) is 1. The van der Waals surface area contributed by atoms with E-state index in [1.165, 1.54) is 11.3 Å². The molecule has 1 saturated heterocycles. The maximum Gasteiger partial charge on any atom is 0.258 e. The summed E-state index contributed by atoms with van der Waals surface area (Å²) in [4.78, 5) is 19.6. The molecular formula is C13H19ClN4OS. The SMILES string of the molecule is CC1CC(CN)CN1Cc1cc(=O)n2ccsc2n1.Cl. The quantitative estimate of drug-likeness (QED) is 0.929. The Morgan fingerprint density at radius 2 is 2.35 bits per heavy atom. The lowest BCUT2D eigenvalue weighted by Crippen LogP contribution is -2.28. The van der Waals surface area contributed by atoms with Gasteiger partial charge >= 0.3 is 0 Å². The molecule has 0 aromatic carbocycles. The van der Waals surface area contributed by atoms with Crippen molar-refractivity contribution in [2.45, 2.75) is 25.9 Å². The highest BCUT2D eigenvalue weighted by Gasteiger charge is 2.28. The molecule has 3 rings (SSSR count). The summed E-state index contributed by atoms with van der Waals surface area (Å²) < 4.78 is 1.59. The zero-order valence-electron chi connectivity index (χ0n) is 11.4. The molecule has 0 aliphatic carbocycles. The minimum absolute atomic E-state index is 0. The van der Waals surface area contributed by atoms with Crippen molar-refractivity contribution < 1.29 is 0 Å². The molecule has 1 aliphatic rings. The minimum Gasteiger partial charge on any atom is -0.330 e. The van der Waals surface area contributed by atoms with Gasteiger partial charge in [-0.2, -0.15) is 0 Å². The molecule has 2 atom stereocenters. The third kappa shape index (κ3) is 2.88. The Morgan fingerprint density at radius 3 is 3.05 bits per heavy atom. The number of nitrogens with two attached hydrogens (primary N) is 1. The average molecular weight is 315 g/mol. The van der Waals surface area contributed by atoms with Gasteiger partial charge in [-0.25, -0.2) is 4.98 Å². The Morgan fingerprint density at radius 1 is 1.55 bits per heavy atom. The van der Waals surface area contributed by atoms with Crippen molar-refractivity contribution in [1.29, 1.82) is 0 Å². The summed E-state index contributed by atoms with van der Waals surface area (Å²) >= 11 is 1.49. The molecule has 5 nitrogen and oxygen atoms in total. The van der Waals surface area contributed by atoms with E-state index in [0.717, 1.165) is 36.7 Å². The molecule has 1 fully saturated rings. The second-order valence-corrected chi connectivity index (χ2v) is 6.13. The summed E-state index contributed by atoms with van der Waals surface area (Å²) in [5, 5.41) is 1.89. The van der Waals surface area contributed by atoms with Crippen LogP contribution >= 0.6 is 23.7 Å². The second kappa shape index (κ2) is 6.22. The first-order valence-corrected chi connectivity index (χ1v) is 7.45. The maximum atomic E-state index is 11.9. The Bertz CT molecular complexity index is 641. The molecule has 2 aromatic heterocycles. The lowest BCUT2D eigenvalue weighted by molar-refractivity contribution is 0.253. The van der Waals surface area contributed by atoms with Gasteiger partial charge in [0.2, 0.25) is 0 Å². The summed E-state index contributed by atoms with van der Waals surface area (Å²) in [6.07, 6.45) is 2.90. The van der Waals surface area contributed by atoms with Gasteiger partial charge in [-0.1, -0.05) is 0 Å². The summed E-state index contributed by atoms with van der Waals surface area (Å²) in [5.41, 5.74) is 6.60. The van der Waals surface area contributed by atoms with Crippen LogP contribution in [0.2, 0.25) is 0 Å². The van der Waals surface area contributed by atoms with Crippen LogP contribution in [0.25, 0.3) is 4.96 Å². The van der Waals surface area contributed by atoms with Gasteiger partial charge in [-0.05, 0) is 25.8 Å². The number of fused-ring (bicyclic) bond motifs is 1. The molecule has 0 saturated carbocycles. The first-order valence-electron chi connectivity index (χ1n) is 6.57. The zero-order chi connectivity index (χ0) is 13.4. The molecule has 0 radical (unpaired) electrons. The molecule has 110 valence electrons. The van der Waals surface area contributed by atoms with E-state index in [1.54, 1.807) is 16.7 Å². The first-order chi connectivity index (χ1) is 9.17. The molecule has 1 aliphatic heterocycles. The van der Waals surface area contributed by atoms with Crippen LogP contribution < -0.4 is 11.3 Å². The molecule has 2 unspecified atom stereocenters. The maximum absolute atomic E-state index is 11.9. The molecular weight excluding hydrogens is 296 g/mol. The van der Waals surface area contributed by atoms with Crippen molar-refractivity contribution in [3.05, 3.63) is 33.7 Å². The van der Waals surface area contributed by atoms with Crippen LogP contribution in [-0.2, 0) is 6.54 Å². The Hall–Kier alpha value is -0.950. The monoisotopic (exact) mass is 314 g/mol. The Balaban J connectivity index is 0.00000147. The van der Waals surface area contributed by atoms with E-state index in [9.17, 15) is 4.79 Å². The van der Waals surface area contributed by atoms with Crippen LogP contribution in [0.1, 0.15) is 19.0 Å². The Kier molecular flexibility index (Phi) is 4.80. The first kappa shape index (κ1) is 15.4. The molecule has 3 heterocycles. The minimum atomic E-state index is 0. The van der Waals surface area contributed by atoms with Gasteiger partial charge < -0.3 is 5.73 Å². The smallest absolute Gasteiger partial charge is 0.258 e. The molecule has 0 bridgehead atoms. The summed E-state index contributed by atoms with van der Waals surface area (Å²) in [5.74, 6) is 0.571. The predicted octanol–water partition coefficient (Wildman–Crippen LogP) is 1.35. The zero-order valence-corrected chi connectivity index (χ0v) is 13.0. The largest absolute Gasteiger partial charge is 0.330 e. The molecule has 0 amide bonds. The van der Waals surface area contributed by atoms with Crippen LogP contribution in [0, 0.1) is 5.92 Å². The van der Waals surface area contributed by atoms with Gasteiger partial charge in [-0.3, -0.25) is 14.1 Å². The van der Waals surface area contributed by atoms with Crippen LogP contribution in [0.3, 0.4) is 0 Å². The predicted molar refractivity (Wildman–Crippen MR) is 83.6 cm³/mol. The number of halogens is 1. The third-order valence-electron chi connectivity index (χ3n) is 3.85. The summed E-state index contributed by atoms with van der Waals surface area (Å²) in [7, 11) is 0. The lowest BCUT2D eigenvalue weighted by Gasteiger charge is -2.20. The fourth-order valence-electron chi connectivity index (χ4n) is 2.79. The van der Waals surface area contributed by atoms with Crippen molar-refractivity contribution >= 4 is 28.7 Å². The number of aromatic nitrogens is 2. The van der Waals surface area contributed by atoms with Crippen LogP contribution in [0.4, 0.5) is 0 Å². The summed E-state index contributed by atoms with van der Waals surface area (Å²) in [6.45, 7) is 4.69. The van der Waals surface area contributed by atoms with E-state index in [0.29, 0.717) is 12.0 Å². The number of nitrogens with zero attached hydrogens (tertiary/aromatic N) is 3. The topological polar surface area (TPSA) is 63.6 Å². The lowest BCUT2D eigenvalue weighted by atomic mass is 10.1. The number of hydrogen-bond acceptors (Lipinski definition) is 5. The van der Waals surface area contributed by atoms with E-state index in [4.69, 9.17) is 5.73 Å². The highest BCUT2D eigenvalue weighted by atomic mass is 35.5. The van der Waals surface area contributed by atoms with Gasteiger partial charge in [0.1, 0.15) is 0 Å². The van der Waals surface area contributed by atoms with Crippen molar-refractivity contribution in [2.24, 2.45) is 11.7 Å². The van der Waals surface area contributed by atoms with E-state index in [1.807, 2.05) is 5.38 Å². The second-order valence-electron chi connectivity index (χ2n) is 5.26.